The summed E-state index contributed by atoms with van der Waals surface area (Å²) in [5.41, 5.74) is 10.7. The Hall–Kier alpha value is -0.540. The first kappa shape index (κ1) is 24.5. The Bertz CT molecular complexity index is 661. The van der Waals surface area contributed by atoms with E-state index in [0.29, 0.717) is 29.4 Å². The molecular weight excluding hydrogens is 451 g/mol. The van der Waals surface area contributed by atoms with Gasteiger partial charge in [-0.2, -0.15) is 0 Å². The van der Waals surface area contributed by atoms with Gasteiger partial charge in [-0.15, -0.1) is 24.8 Å². The number of guanidine groups is 1. The van der Waals surface area contributed by atoms with Crippen LogP contribution in [0.1, 0.15) is 25.7 Å². The van der Waals surface area contributed by atoms with E-state index >= 15 is 0 Å². The van der Waals surface area contributed by atoms with Gasteiger partial charge >= 0.3 is 0 Å². The second-order valence-electron chi connectivity index (χ2n) is 5.93. The molecule has 0 spiro atoms. The fourth-order valence-electron chi connectivity index (χ4n) is 2.82. The number of halogens is 3. The van der Waals surface area contributed by atoms with Gasteiger partial charge in [0.15, 0.2) is 5.96 Å². The van der Waals surface area contributed by atoms with Gasteiger partial charge in [-0.3, -0.25) is 4.99 Å². The Balaban J connectivity index is 0.00000288. The second-order valence-corrected chi connectivity index (χ2v) is 8.52. The largest absolute Gasteiger partial charge is 0.370 e. The molecule has 2 rings (SSSR count). The van der Waals surface area contributed by atoms with E-state index in [1.54, 1.807) is 24.3 Å². The zero-order chi connectivity index (χ0) is 16.9. The van der Waals surface area contributed by atoms with Crippen LogP contribution in [0.5, 0.6) is 0 Å². The summed E-state index contributed by atoms with van der Waals surface area (Å²) in [6, 6.07) is 6.83. The molecule has 1 aliphatic carbocycles. The number of nitrogens with zero attached hydrogens (tertiary/aromatic N) is 1. The van der Waals surface area contributed by atoms with Crippen LogP contribution in [0.15, 0.2) is 38.6 Å². The summed E-state index contributed by atoms with van der Waals surface area (Å²) in [6.45, 7) is 1.14. The van der Waals surface area contributed by atoms with Crippen molar-refractivity contribution in [2.75, 3.05) is 13.1 Å². The Labute approximate surface area is 170 Å². The highest BCUT2D eigenvalue weighted by atomic mass is 79.9. The Kier molecular flexibility index (Phi) is 11.0. The van der Waals surface area contributed by atoms with Crippen molar-refractivity contribution in [3.8, 4) is 0 Å². The maximum absolute atomic E-state index is 12.4. The number of benzene rings is 1. The normalized spacial score (nSPS) is 20.0. The van der Waals surface area contributed by atoms with Crippen molar-refractivity contribution in [1.29, 1.82) is 0 Å². The maximum atomic E-state index is 12.4. The summed E-state index contributed by atoms with van der Waals surface area (Å²) in [5, 5.41) is 0. The molecule has 0 bridgehead atoms. The van der Waals surface area contributed by atoms with Crippen LogP contribution in [-0.4, -0.2) is 27.5 Å². The standard InChI is InChI=1S/C15H23BrN4O2S.2ClH/c16-13-3-1-2-4-14(13)23(21,22)20-10-12-7-5-11(6-8-12)9-19-15(17)18;;/h1-4,11-12,20H,5-10H2,(H4,17,18,19);2*1H. The van der Waals surface area contributed by atoms with Crippen LogP contribution in [0.3, 0.4) is 0 Å². The third-order valence-corrected chi connectivity index (χ3v) is 6.62. The summed E-state index contributed by atoms with van der Waals surface area (Å²) >= 11 is 3.28. The SMILES string of the molecule is Cl.Cl.NC(N)=NCC1CCC(CNS(=O)(=O)c2ccccc2Br)CC1. The number of rotatable bonds is 6. The van der Waals surface area contributed by atoms with E-state index in [2.05, 4.69) is 25.6 Å². The van der Waals surface area contributed by atoms with Crippen molar-refractivity contribution >= 4 is 56.7 Å². The van der Waals surface area contributed by atoms with Crippen LogP contribution >= 0.6 is 40.7 Å². The van der Waals surface area contributed by atoms with E-state index in [-0.39, 0.29) is 35.7 Å². The number of nitrogens with two attached hydrogens (primary N) is 2. The van der Waals surface area contributed by atoms with Gasteiger partial charge in [-0.1, -0.05) is 12.1 Å². The molecule has 0 amide bonds. The summed E-state index contributed by atoms with van der Waals surface area (Å²) in [7, 11) is -3.48. The fourth-order valence-corrected chi connectivity index (χ4v) is 4.94. The van der Waals surface area contributed by atoms with Crippen molar-refractivity contribution in [3.05, 3.63) is 28.7 Å². The van der Waals surface area contributed by atoms with Gasteiger partial charge in [-0.25, -0.2) is 13.1 Å². The smallest absolute Gasteiger partial charge is 0.241 e. The van der Waals surface area contributed by atoms with E-state index < -0.39 is 10.0 Å². The van der Waals surface area contributed by atoms with Gasteiger partial charge in [-0.05, 0) is 65.6 Å². The van der Waals surface area contributed by atoms with E-state index in [9.17, 15) is 8.42 Å². The lowest BCUT2D eigenvalue weighted by Crippen LogP contribution is -2.32. The molecule has 1 aromatic rings. The first-order chi connectivity index (χ1) is 10.9. The average Bonchev–Trinajstić information content (AvgIpc) is 2.52. The summed E-state index contributed by atoms with van der Waals surface area (Å²) in [6.07, 6.45) is 4.03. The predicted molar refractivity (Wildman–Crippen MR) is 110 cm³/mol. The topological polar surface area (TPSA) is 111 Å². The maximum Gasteiger partial charge on any atom is 0.241 e. The Morgan fingerprint density at radius 1 is 1.12 bits per heavy atom. The van der Waals surface area contributed by atoms with Crippen molar-refractivity contribution in [2.45, 2.75) is 30.6 Å². The molecule has 1 fully saturated rings. The highest BCUT2D eigenvalue weighted by molar-refractivity contribution is 9.10. The Morgan fingerprint density at radius 2 is 1.68 bits per heavy atom. The highest BCUT2D eigenvalue weighted by Gasteiger charge is 2.23. The molecule has 1 saturated carbocycles. The van der Waals surface area contributed by atoms with Gasteiger partial charge in [0.2, 0.25) is 10.0 Å². The molecule has 0 aromatic heterocycles. The van der Waals surface area contributed by atoms with E-state index in [1.165, 1.54) is 0 Å². The molecule has 0 radical (unpaired) electrons. The molecule has 25 heavy (non-hydrogen) atoms. The molecule has 5 N–H and O–H groups in total. The minimum atomic E-state index is -3.48. The number of aliphatic imine (C=N–C) groups is 1. The minimum Gasteiger partial charge on any atom is -0.370 e. The molecule has 0 unspecified atom stereocenters. The molecular formula is C15H25BrCl2N4O2S. The van der Waals surface area contributed by atoms with Gasteiger partial charge < -0.3 is 11.5 Å². The lowest BCUT2D eigenvalue weighted by atomic mass is 9.82. The van der Waals surface area contributed by atoms with Gasteiger partial charge in [0.05, 0.1) is 4.90 Å². The zero-order valence-electron chi connectivity index (χ0n) is 13.7. The number of sulfonamides is 1. The molecule has 1 aromatic carbocycles. The first-order valence-electron chi connectivity index (χ1n) is 7.68. The molecule has 0 heterocycles. The first-order valence-corrected chi connectivity index (χ1v) is 9.95. The lowest BCUT2D eigenvalue weighted by Gasteiger charge is -2.27. The number of nitrogens with one attached hydrogen (secondary N) is 1. The fraction of sp³-hybridized carbons (Fsp3) is 0.533. The quantitative estimate of drug-likeness (QED) is 0.433. The van der Waals surface area contributed by atoms with Gasteiger partial charge in [0.1, 0.15) is 0 Å². The molecule has 1 aliphatic rings. The molecule has 0 atom stereocenters. The third-order valence-electron chi connectivity index (χ3n) is 4.19. The second kappa shape index (κ2) is 11.2. The van der Waals surface area contributed by atoms with E-state index in [1.807, 2.05) is 0 Å². The lowest BCUT2D eigenvalue weighted by molar-refractivity contribution is 0.280. The van der Waals surface area contributed by atoms with Crippen molar-refractivity contribution in [3.63, 3.8) is 0 Å². The zero-order valence-corrected chi connectivity index (χ0v) is 17.8. The molecule has 0 saturated heterocycles. The Morgan fingerprint density at radius 3 is 2.24 bits per heavy atom. The van der Waals surface area contributed by atoms with Crippen molar-refractivity contribution < 1.29 is 8.42 Å². The van der Waals surface area contributed by atoms with Gasteiger partial charge in [0.25, 0.3) is 0 Å². The van der Waals surface area contributed by atoms with Crippen LogP contribution in [0.25, 0.3) is 0 Å². The number of hydrogen-bond acceptors (Lipinski definition) is 3. The van der Waals surface area contributed by atoms with Crippen molar-refractivity contribution in [2.24, 2.45) is 28.3 Å². The van der Waals surface area contributed by atoms with Crippen LogP contribution < -0.4 is 16.2 Å². The highest BCUT2D eigenvalue weighted by Crippen LogP contribution is 2.29. The third kappa shape index (κ3) is 7.70. The van der Waals surface area contributed by atoms with Crippen LogP contribution in [-0.2, 0) is 10.0 Å². The van der Waals surface area contributed by atoms with E-state index in [4.69, 9.17) is 11.5 Å². The monoisotopic (exact) mass is 474 g/mol. The summed E-state index contributed by atoms with van der Waals surface area (Å²) in [4.78, 5) is 4.34. The molecule has 0 aliphatic heterocycles. The van der Waals surface area contributed by atoms with E-state index in [0.717, 1.165) is 25.7 Å². The number of hydrogen-bond donors (Lipinski definition) is 3. The molecule has 144 valence electrons. The minimum absolute atomic E-state index is 0. The predicted octanol–water partition coefficient (Wildman–Crippen LogP) is 2.65. The van der Waals surface area contributed by atoms with Gasteiger partial charge in [0, 0.05) is 17.6 Å². The van der Waals surface area contributed by atoms with Crippen LogP contribution in [0.2, 0.25) is 0 Å². The van der Waals surface area contributed by atoms with Crippen LogP contribution in [0.4, 0.5) is 0 Å². The van der Waals surface area contributed by atoms with Crippen molar-refractivity contribution in [1.82, 2.24) is 4.72 Å². The summed E-state index contributed by atoms with van der Waals surface area (Å²) < 4.78 is 28.0. The molecule has 10 heteroatoms. The average molecular weight is 476 g/mol. The molecule has 6 nitrogen and oxygen atoms in total. The van der Waals surface area contributed by atoms with Crippen LogP contribution in [0, 0.1) is 11.8 Å². The summed E-state index contributed by atoms with van der Waals surface area (Å²) in [5.74, 6) is 0.990.